The highest BCUT2D eigenvalue weighted by atomic mass is 16.2. The van der Waals surface area contributed by atoms with Crippen LogP contribution in [0.15, 0.2) is 0 Å². The molecule has 2 unspecified atom stereocenters. The van der Waals surface area contributed by atoms with Crippen molar-refractivity contribution in [1.82, 2.24) is 10.2 Å². The molecule has 118 valence electrons. The molecule has 0 aliphatic carbocycles. The predicted octanol–water partition coefficient (Wildman–Crippen LogP) is 3.79. The summed E-state index contributed by atoms with van der Waals surface area (Å²) in [5.74, 6) is 0.761. The van der Waals surface area contributed by atoms with E-state index in [1.807, 2.05) is 0 Å². The molecule has 1 aliphatic rings. The molecule has 1 N–H and O–H groups in total. The van der Waals surface area contributed by atoms with Gasteiger partial charge in [-0.15, -0.1) is 0 Å². The van der Waals surface area contributed by atoms with Gasteiger partial charge < -0.3 is 4.90 Å². The monoisotopic (exact) mass is 282 g/mol. The number of carbonyl (C=O) groups is 1. The van der Waals surface area contributed by atoms with Gasteiger partial charge in [0.25, 0.3) is 0 Å². The third kappa shape index (κ3) is 4.47. The summed E-state index contributed by atoms with van der Waals surface area (Å²) < 4.78 is 0. The van der Waals surface area contributed by atoms with Crippen molar-refractivity contribution < 1.29 is 4.79 Å². The maximum atomic E-state index is 12.5. The largest absolute Gasteiger partial charge is 0.325 e. The lowest BCUT2D eigenvalue weighted by Gasteiger charge is -2.35. The molecule has 1 rings (SSSR count). The molecule has 2 atom stereocenters. The zero-order valence-electron chi connectivity index (χ0n) is 14.3. The molecule has 1 aliphatic heterocycles. The number of rotatable bonds is 8. The molecule has 1 saturated heterocycles. The average molecular weight is 282 g/mol. The summed E-state index contributed by atoms with van der Waals surface area (Å²) in [6.07, 6.45) is 6.11. The number of nitrogens with zero attached hydrogens (tertiary/aromatic N) is 1. The van der Waals surface area contributed by atoms with Crippen LogP contribution in [-0.4, -0.2) is 29.6 Å². The molecule has 1 heterocycles. The van der Waals surface area contributed by atoms with Crippen LogP contribution in [0.3, 0.4) is 0 Å². The van der Waals surface area contributed by atoms with Crippen molar-refractivity contribution in [2.75, 3.05) is 6.54 Å². The van der Waals surface area contributed by atoms with E-state index in [0.29, 0.717) is 11.8 Å². The summed E-state index contributed by atoms with van der Waals surface area (Å²) in [4.78, 5) is 14.6. The molecule has 3 heteroatoms. The van der Waals surface area contributed by atoms with Gasteiger partial charge in [0.2, 0.25) is 5.91 Å². The molecule has 0 aromatic rings. The maximum absolute atomic E-state index is 12.5. The van der Waals surface area contributed by atoms with Crippen LogP contribution in [0.4, 0.5) is 0 Å². The van der Waals surface area contributed by atoms with E-state index in [9.17, 15) is 4.79 Å². The minimum absolute atomic E-state index is 0.0221. The van der Waals surface area contributed by atoms with Gasteiger partial charge in [-0.1, -0.05) is 60.8 Å². The Morgan fingerprint density at radius 1 is 1.25 bits per heavy atom. The second kappa shape index (κ2) is 7.44. The van der Waals surface area contributed by atoms with E-state index in [0.717, 1.165) is 13.0 Å². The van der Waals surface area contributed by atoms with E-state index < -0.39 is 0 Å². The Labute approximate surface area is 125 Å². The van der Waals surface area contributed by atoms with Gasteiger partial charge in [-0.2, -0.15) is 0 Å². The summed E-state index contributed by atoms with van der Waals surface area (Å²) in [7, 11) is 0. The third-order valence-electron chi connectivity index (χ3n) is 4.38. The van der Waals surface area contributed by atoms with Crippen LogP contribution < -0.4 is 5.32 Å². The first-order chi connectivity index (χ1) is 9.32. The zero-order valence-corrected chi connectivity index (χ0v) is 14.3. The molecular formula is C17H34N2O. The van der Waals surface area contributed by atoms with Crippen molar-refractivity contribution in [3.05, 3.63) is 0 Å². The quantitative estimate of drug-likeness (QED) is 0.687. The Balaban J connectivity index is 2.68. The minimum atomic E-state index is 0.0221. The van der Waals surface area contributed by atoms with Crippen molar-refractivity contribution in [1.29, 1.82) is 0 Å². The van der Waals surface area contributed by atoms with Crippen molar-refractivity contribution >= 4 is 5.91 Å². The van der Waals surface area contributed by atoms with Crippen LogP contribution in [0.5, 0.6) is 0 Å². The van der Waals surface area contributed by atoms with Crippen molar-refractivity contribution in [2.45, 2.75) is 85.9 Å². The van der Waals surface area contributed by atoms with Crippen molar-refractivity contribution in [3.63, 3.8) is 0 Å². The number of hydrogen-bond donors (Lipinski definition) is 1. The van der Waals surface area contributed by atoms with Crippen LogP contribution in [0.2, 0.25) is 0 Å². The number of nitrogens with one attached hydrogen (secondary N) is 1. The van der Waals surface area contributed by atoms with Gasteiger partial charge in [-0.05, 0) is 24.2 Å². The average Bonchev–Trinajstić information content (AvgIpc) is 2.66. The van der Waals surface area contributed by atoms with E-state index >= 15 is 0 Å². The highest BCUT2D eigenvalue weighted by Gasteiger charge is 2.41. The Kier molecular flexibility index (Phi) is 6.50. The summed E-state index contributed by atoms with van der Waals surface area (Å²) in [5, 5.41) is 3.51. The number of hydrogen-bond acceptors (Lipinski definition) is 2. The van der Waals surface area contributed by atoms with E-state index in [-0.39, 0.29) is 17.6 Å². The summed E-state index contributed by atoms with van der Waals surface area (Å²) >= 11 is 0. The smallest absolute Gasteiger partial charge is 0.241 e. The Hall–Kier alpha value is -0.570. The fraction of sp³-hybridized carbons (Fsp3) is 0.941. The molecule has 1 amide bonds. The molecular weight excluding hydrogens is 248 g/mol. The van der Waals surface area contributed by atoms with Crippen molar-refractivity contribution in [3.8, 4) is 0 Å². The minimum Gasteiger partial charge on any atom is -0.325 e. The molecule has 0 bridgehead atoms. The van der Waals surface area contributed by atoms with Crippen molar-refractivity contribution in [2.24, 2.45) is 11.3 Å². The zero-order chi connectivity index (χ0) is 15.3. The topological polar surface area (TPSA) is 32.3 Å². The lowest BCUT2D eigenvalue weighted by Crippen LogP contribution is -2.45. The first kappa shape index (κ1) is 17.5. The third-order valence-corrected chi connectivity index (χ3v) is 4.38. The van der Waals surface area contributed by atoms with Gasteiger partial charge in [-0.3, -0.25) is 10.1 Å². The van der Waals surface area contributed by atoms with Crippen LogP contribution in [0, 0.1) is 11.3 Å². The van der Waals surface area contributed by atoms with Gasteiger partial charge >= 0.3 is 0 Å². The molecule has 0 aromatic carbocycles. The number of carbonyl (C=O) groups excluding carboxylic acids is 1. The van der Waals surface area contributed by atoms with E-state index in [2.05, 4.69) is 51.8 Å². The summed E-state index contributed by atoms with van der Waals surface area (Å²) in [6.45, 7) is 14.2. The molecule has 0 spiro atoms. The number of unbranched alkanes of at least 4 members (excludes halogenated alkanes) is 2. The Bertz CT molecular complexity index is 312. The normalized spacial score (nSPS) is 23.9. The molecule has 0 radical (unpaired) electrons. The molecule has 3 nitrogen and oxygen atoms in total. The second-order valence-corrected chi connectivity index (χ2v) is 7.40. The maximum Gasteiger partial charge on any atom is 0.241 e. The van der Waals surface area contributed by atoms with Crippen LogP contribution in [0.1, 0.15) is 73.6 Å². The molecule has 0 saturated carbocycles. The SMILES string of the molecule is CCCCCC(C)(C)CN1C(=O)C(CC)NC1C(C)C. The molecule has 0 aromatic heterocycles. The van der Waals surface area contributed by atoms with E-state index in [4.69, 9.17) is 0 Å². The molecule has 1 fully saturated rings. The van der Waals surface area contributed by atoms with Gasteiger partial charge in [0.1, 0.15) is 0 Å². The Morgan fingerprint density at radius 3 is 2.40 bits per heavy atom. The second-order valence-electron chi connectivity index (χ2n) is 7.40. The summed E-state index contributed by atoms with van der Waals surface area (Å²) in [6, 6.07) is 0.0221. The van der Waals surface area contributed by atoms with Crippen LogP contribution in [0.25, 0.3) is 0 Å². The lowest BCUT2D eigenvalue weighted by atomic mass is 9.86. The first-order valence-electron chi connectivity index (χ1n) is 8.39. The lowest BCUT2D eigenvalue weighted by molar-refractivity contribution is -0.132. The highest BCUT2D eigenvalue weighted by Crippen LogP contribution is 2.29. The van der Waals surface area contributed by atoms with E-state index in [1.165, 1.54) is 25.7 Å². The standard InChI is InChI=1S/C17H34N2O/c1-7-9-10-11-17(5,6)12-19-15(13(3)4)18-14(8-2)16(19)20/h13-15,18H,7-12H2,1-6H3. The van der Waals surface area contributed by atoms with E-state index in [1.54, 1.807) is 0 Å². The van der Waals surface area contributed by atoms with Gasteiger partial charge in [0, 0.05) is 6.54 Å². The molecule has 20 heavy (non-hydrogen) atoms. The van der Waals surface area contributed by atoms with Gasteiger partial charge in [0.05, 0.1) is 12.2 Å². The highest BCUT2D eigenvalue weighted by molar-refractivity contribution is 5.84. The first-order valence-corrected chi connectivity index (χ1v) is 8.39. The summed E-state index contributed by atoms with van der Waals surface area (Å²) in [5.41, 5.74) is 0.211. The van der Waals surface area contributed by atoms with Crippen LogP contribution >= 0.6 is 0 Å². The van der Waals surface area contributed by atoms with Crippen LogP contribution in [-0.2, 0) is 4.79 Å². The van der Waals surface area contributed by atoms with Gasteiger partial charge in [0.15, 0.2) is 0 Å². The number of amides is 1. The fourth-order valence-electron chi connectivity index (χ4n) is 3.12. The van der Waals surface area contributed by atoms with Gasteiger partial charge in [-0.25, -0.2) is 0 Å². The Morgan fingerprint density at radius 2 is 1.90 bits per heavy atom. The fourth-order valence-corrected chi connectivity index (χ4v) is 3.12. The predicted molar refractivity (Wildman–Crippen MR) is 85.5 cm³/mol.